The van der Waals surface area contributed by atoms with Gasteiger partial charge in [0.25, 0.3) is 5.91 Å². The maximum Gasteiger partial charge on any atom is 0.257 e. The van der Waals surface area contributed by atoms with Crippen molar-refractivity contribution < 1.29 is 4.79 Å². The van der Waals surface area contributed by atoms with E-state index in [1.54, 1.807) is 18.3 Å². The second-order valence-electron chi connectivity index (χ2n) is 8.43. The van der Waals surface area contributed by atoms with Crippen molar-refractivity contribution in [1.82, 2.24) is 19.8 Å². The van der Waals surface area contributed by atoms with Crippen LogP contribution in [0.25, 0.3) is 10.2 Å². The Morgan fingerprint density at radius 2 is 1.97 bits per heavy atom. The van der Waals surface area contributed by atoms with Crippen molar-refractivity contribution in [3.63, 3.8) is 0 Å². The van der Waals surface area contributed by atoms with Crippen LogP contribution in [0.1, 0.15) is 32.1 Å². The predicted molar refractivity (Wildman–Crippen MR) is 139 cm³/mol. The third kappa shape index (κ3) is 5.38. The quantitative estimate of drug-likeness (QED) is 0.390. The number of carbonyl (C=O) groups is 1. The Morgan fingerprint density at radius 3 is 2.68 bits per heavy atom. The Bertz CT molecular complexity index is 1360. The molecule has 1 aromatic carbocycles. The molecule has 1 amide bonds. The van der Waals surface area contributed by atoms with Crippen molar-refractivity contribution in [1.29, 1.82) is 0 Å². The van der Waals surface area contributed by atoms with Crippen LogP contribution >= 0.6 is 22.9 Å². The molecule has 8 heteroatoms. The fraction of sp³-hybridized carbons (Fsp3) is 0.269. The third-order valence-corrected chi connectivity index (χ3v) is 7.36. The van der Waals surface area contributed by atoms with Gasteiger partial charge in [-0.15, -0.1) is 11.3 Å². The summed E-state index contributed by atoms with van der Waals surface area (Å²) in [5.74, 6) is -0.377. The minimum atomic E-state index is -0.377. The molecule has 0 atom stereocenters. The minimum absolute atomic E-state index is 0.153. The van der Waals surface area contributed by atoms with Crippen molar-refractivity contribution >= 4 is 39.1 Å². The van der Waals surface area contributed by atoms with E-state index in [0.717, 1.165) is 46.7 Å². The number of aromatic nitrogens is 2. The van der Waals surface area contributed by atoms with Crippen molar-refractivity contribution in [3.05, 3.63) is 97.4 Å². The summed E-state index contributed by atoms with van der Waals surface area (Å²) >= 11 is 7.40. The predicted octanol–water partition coefficient (Wildman–Crippen LogP) is 4.56. The third-order valence-electron chi connectivity index (χ3n) is 5.84. The molecule has 0 saturated heterocycles. The van der Waals surface area contributed by atoms with Crippen LogP contribution in [0.4, 0.5) is 0 Å². The Labute approximate surface area is 207 Å². The van der Waals surface area contributed by atoms with Crippen LogP contribution in [0.3, 0.4) is 0 Å². The zero-order valence-corrected chi connectivity index (χ0v) is 21.0. The van der Waals surface area contributed by atoms with Gasteiger partial charge < -0.3 is 14.8 Å². The molecule has 4 rings (SSSR count). The van der Waals surface area contributed by atoms with Gasteiger partial charge in [-0.05, 0) is 49.4 Å². The van der Waals surface area contributed by atoms with Gasteiger partial charge in [-0.1, -0.05) is 29.8 Å². The lowest BCUT2D eigenvalue weighted by molar-refractivity contribution is 0.0949. The fourth-order valence-electron chi connectivity index (χ4n) is 3.94. The molecule has 0 aliphatic rings. The van der Waals surface area contributed by atoms with E-state index in [0.29, 0.717) is 16.3 Å². The van der Waals surface area contributed by atoms with Crippen LogP contribution in [0.15, 0.2) is 59.7 Å². The number of nitrogens with one attached hydrogen (secondary N) is 1. The smallest absolute Gasteiger partial charge is 0.257 e. The monoisotopic (exact) mass is 494 g/mol. The molecule has 0 unspecified atom stereocenters. The van der Waals surface area contributed by atoms with E-state index in [1.165, 1.54) is 11.3 Å². The second-order valence-corrected chi connectivity index (χ2v) is 9.97. The number of hydrogen-bond donors (Lipinski definition) is 1. The molecular weight excluding hydrogens is 468 g/mol. The Balaban J connectivity index is 1.51. The van der Waals surface area contributed by atoms with Crippen molar-refractivity contribution in [2.45, 2.75) is 26.4 Å². The molecule has 0 saturated carbocycles. The molecule has 0 aliphatic carbocycles. The first-order valence-electron chi connectivity index (χ1n) is 11.1. The fourth-order valence-corrected chi connectivity index (χ4v) is 5.44. The minimum Gasteiger partial charge on any atom is -0.349 e. The highest BCUT2D eigenvalue weighted by Crippen LogP contribution is 2.29. The number of nitrogens with zero attached hydrogens (tertiary/aromatic N) is 3. The van der Waals surface area contributed by atoms with E-state index in [4.69, 9.17) is 11.6 Å². The highest BCUT2D eigenvalue weighted by molar-refractivity contribution is 7.19. The number of fused-ring (bicyclic) bond motifs is 1. The van der Waals surface area contributed by atoms with Crippen molar-refractivity contribution in [3.8, 4) is 0 Å². The van der Waals surface area contributed by atoms with E-state index in [2.05, 4.69) is 22.2 Å². The average Bonchev–Trinajstić information content (AvgIpc) is 3.16. The average molecular weight is 495 g/mol. The number of amides is 1. The maximum atomic E-state index is 13.2. The van der Waals surface area contributed by atoms with Gasteiger partial charge >= 0.3 is 0 Å². The lowest BCUT2D eigenvalue weighted by Gasteiger charge is -2.16. The van der Waals surface area contributed by atoms with Crippen LogP contribution in [0.2, 0.25) is 5.02 Å². The lowest BCUT2D eigenvalue weighted by Crippen LogP contribution is -2.29. The number of thiophene rings is 1. The SMILES string of the molecule is Cc1c(CN(C)CCc2ccccn2)sc2c(=O)c(C(=O)NCc3ccc(Cl)cc3)cn(C)c12. The number of aryl methyl sites for hydroxylation is 2. The van der Waals surface area contributed by atoms with Gasteiger partial charge in [0, 0.05) is 61.1 Å². The number of benzene rings is 1. The normalized spacial score (nSPS) is 11.3. The molecule has 4 aromatic rings. The summed E-state index contributed by atoms with van der Waals surface area (Å²) in [5.41, 5.74) is 3.87. The summed E-state index contributed by atoms with van der Waals surface area (Å²) < 4.78 is 2.50. The van der Waals surface area contributed by atoms with Gasteiger partial charge in [-0.25, -0.2) is 0 Å². The number of hydrogen-bond acceptors (Lipinski definition) is 5. The highest BCUT2D eigenvalue weighted by atomic mass is 35.5. The van der Waals surface area contributed by atoms with Crippen molar-refractivity contribution in [2.24, 2.45) is 7.05 Å². The second kappa shape index (κ2) is 10.5. The first-order valence-corrected chi connectivity index (χ1v) is 12.3. The van der Waals surface area contributed by atoms with Crippen LogP contribution in [-0.4, -0.2) is 34.0 Å². The Kier molecular flexibility index (Phi) is 7.46. The molecular formula is C26H27ClN4O2S. The Morgan fingerprint density at radius 1 is 1.21 bits per heavy atom. The molecule has 1 N–H and O–H groups in total. The lowest BCUT2D eigenvalue weighted by atomic mass is 10.1. The standard InChI is InChI=1S/C26H27ClN4O2S/c1-17-22(16-30(2)13-11-20-6-4-5-12-28-20)34-25-23(17)31(3)15-21(24(25)32)26(33)29-14-18-7-9-19(27)10-8-18/h4-10,12,15H,11,13-14,16H2,1-3H3,(H,29,33). The summed E-state index contributed by atoms with van der Waals surface area (Å²) in [4.78, 5) is 33.8. The molecule has 0 fully saturated rings. The van der Waals surface area contributed by atoms with E-state index in [1.807, 2.05) is 55.1 Å². The topological polar surface area (TPSA) is 67.2 Å². The van der Waals surface area contributed by atoms with Crippen molar-refractivity contribution in [2.75, 3.05) is 13.6 Å². The largest absolute Gasteiger partial charge is 0.349 e. The van der Waals surface area contributed by atoms with Crippen LogP contribution < -0.4 is 10.7 Å². The molecule has 6 nitrogen and oxygen atoms in total. The summed E-state index contributed by atoms with van der Waals surface area (Å²) in [6, 6.07) is 13.2. The summed E-state index contributed by atoms with van der Waals surface area (Å²) in [6.45, 7) is 3.96. The number of rotatable bonds is 8. The zero-order valence-electron chi connectivity index (χ0n) is 19.5. The van der Waals surface area contributed by atoms with E-state index in [9.17, 15) is 9.59 Å². The molecule has 176 valence electrons. The number of pyridine rings is 2. The van der Waals surface area contributed by atoms with Gasteiger partial charge in [0.15, 0.2) is 0 Å². The molecule has 3 heterocycles. The molecule has 34 heavy (non-hydrogen) atoms. The molecule has 0 bridgehead atoms. The van der Waals surface area contributed by atoms with E-state index in [-0.39, 0.29) is 16.9 Å². The van der Waals surface area contributed by atoms with Gasteiger partial charge in [-0.3, -0.25) is 14.6 Å². The zero-order chi connectivity index (χ0) is 24.2. The highest BCUT2D eigenvalue weighted by Gasteiger charge is 2.20. The van der Waals surface area contributed by atoms with E-state index < -0.39 is 0 Å². The number of carbonyl (C=O) groups excluding carboxylic acids is 1. The number of likely N-dealkylation sites (N-methyl/N-ethyl adjacent to an activating group) is 1. The van der Waals surface area contributed by atoms with Gasteiger partial charge in [0.05, 0.1) is 10.2 Å². The van der Waals surface area contributed by atoms with Gasteiger partial charge in [-0.2, -0.15) is 0 Å². The van der Waals surface area contributed by atoms with E-state index >= 15 is 0 Å². The molecule has 0 radical (unpaired) electrons. The van der Waals surface area contributed by atoms with Crippen LogP contribution in [0.5, 0.6) is 0 Å². The molecule has 0 spiro atoms. The first-order chi connectivity index (χ1) is 16.3. The molecule has 0 aliphatic heterocycles. The molecule has 3 aromatic heterocycles. The van der Waals surface area contributed by atoms with Gasteiger partial charge in [0.2, 0.25) is 5.43 Å². The summed E-state index contributed by atoms with van der Waals surface area (Å²) in [5, 5.41) is 3.49. The Hall–Kier alpha value is -3.00. The van der Waals surface area contributed by atoms with Crippen LogP contribution in [0, 0.1) is 6.92 Å². The first kappa shape index (κ1) is 24.1. The summed E-state index contributed by atoms with van der Waals surface area (Å²) in [6.07, 6.45) is 4.31. The van der Waals surface area contributed by atoms with Crippen LogP contribution in [-0.2, 0) is 26.6 Å². The maximum absolute atomic E-state index is 13.2. The number of halogens is 1. The summed E-state index contributed by atoms with van der Waals surface area (Å²) in [7, 11) is 3.95. The van der Waals surface area contributed by atoms with Gasteiger partial charge in [0.1, 0.15) is 5.56 Å².